The maximum absolute atomic E-state index is 12.6. The average Bonchev–Trinajstić information content (AvgIpc) is 3.30. The minimum atomic E-state index is -2.87. The fraction of sp³-hybridized carbons (Fsp3) is 0.632. The van der Waals surface area contributed by atoms with Crippen LogP contribution < -0.4 is 10.1 Å². The summed E-state index contributed by atoms with van der Waals surface area (Å²) in [5, 5.41) is 3.74. The number of hydrogen-bond donors (Lipinski definition) is 1. The van der Waals surface area contributed by atoms with Crippen molar-refractivity contribution < 1.29 is 13.5 Å². The molecule has 2 saturated heterocycles. The molecule has 2 fully saturated rings. The van der Waals surface area contributed by atoms with E-state index in [4.69, 9.17) is 11.6 Å². The van der Waals surface area contributed by atoms with E-state index >= 15 is 0 Å². The Morgan fingerprint density at radius 3 is 2.81 bits per heavy atom. The Morgan fingerprint density at radius 2 is 2.11 bits per heavy atom. The SMILES string of the molecule is CN=C(NCc1cc(Cl)ccc1OC(F)F)N1CCC(CN2CCCC2)C1. The summed E-state index contributed by atoms with van der Waals surface area (Å²) in [5.41, 5.74) is 0.580. The molecule has 1 aromatic carbocycles. The predicted octanol–water partition coefficient (Wildman–Crippen LogP) is 3.43. The first-order valence-corrected chi connectivity index (χ1v) is 9.84. The van der Waals surface area contributed by atoms with Gasteiger partial charge in [-0.05, 0) is 56.5 Å². The zero-order valence-electron chi connectivity index (χ0n) is 15.6. The van der Waals surface area contributed by atoms with E-state index in [1.807, 2.05) is 0 Å². The van der Waals surface area contributed by atoms with Crippen molar-refractivity contribution in [3.8, 4) is 5.75 Å². The van der Waals surface area contributed by atoms with Crippen LogP contribution in [-0.2, 0) is 6.54 Å². The number of halogens is 3. The van der Waals surface area contributed by atoms with Crippen LogP contribution in [0.3, 0.4) is 0 Å². The second-order valence-electron chi connectivity index (χ2n) is 7.14. The monoisotopic (exact) mass is 400 g/mol. The van der Waals surface area contributed by atoms with E-state index in [0.29, 0.717) is 23.0 Å². The predicted molar refractivity (Wildman–Crippen MR) is 104 cm³/mol. The van der Waals surface area contributed by atoms with Crippen LogP contribution in [-0.4, -0.2) is 62.1 Å². The van der Waals surface area contributed by atoms with Crippen LogP contribution in [0.2, 0.25) is 5.02 Å². The molecule has 8 heteroatoms. The summed E-state index contributed by atoms with van der Waals surface area (Å²) in [4.78, 5) is 9.14. The van der Waals surface area contributed by atoms with Gasteiger partial charge in [0, 0.05) is 43.8 Å². The van der Waals surface area contributed by atoms with Crippen molar-refractivity contribution in [1.82, 2.24) is 15.1 Å². The molecule has 5 nitrogen and oxygen atoms in total. The lowest BCUT2D eigenvalue weighted by molar-refractivity contribution is -0.0504. The Hall–Kier alpha value is -1.60. The van der Waals surface area contributed by atoms with Crippen molar-refractivity contribution in [1.29, 1.82) is 0 Å². The molecule has 1 unspecified atom stereocenters. The van der Waals surface area contributed by atoms with E-state index < -0.39 is 6.61 Å². The van der Waals surface area contributed by atoms with Crippen molar-refractivity contribution in [2.75, 3.05) is 39.8 Å². The Balaban J connectivity index is 1.56. The molecule has 2 aliphatic heterocycles. The largest absolute Gasteiger partial charge is 0.434 e. The molecular formula is C19H27ClF2N4O. The average molecular weight is 401 g/mol. The standard InChI is InChI=1S/C19H27ClF2N4O/c1-23-19(26-9-6-14(13-26)12-25-7-2-3-8-25)24-11-15-10-16(20)4-5-17(15)27-18(21)22/h4-5,10,14,18H,2-3,6-9,11-13H2,1H3,(H,23,24). The van der Waals surface area contributed by atoms with Crippen LogP contribution in [0, 0.1) is 5.92 Å². The molecule has 0 aliphatic carbocycles. The summed E-state index contributed by atoms with van der Waals surface area (Å²) >= 11 is 6.01. The van der Waals surface area contributed by atoms with Gasteiger partial charge >= 0.3 is 6.61 Å². The van der Waals surface area contributed by atoms with Gasteiger partial charge in [-0.25, -0.2) is 0 Å². The topological polar surface area (TPSA) is 40.1 Å². The van der Waals surface area contributed by atoms with Crippen molar-refractivity contribution in [2.24, 2.45) is 10.9 Å². The van der Waals surface area contributed by atoms with Crippen LogP contribution >= 0.6 is 11.6 Å². The Bertz CT molecular complexity index is 653. The maximum atomic E-state index is 12.6. The molecule has 1 N–H and O–H groups in total. The molecule has 27 heavy (non-hydrogen) atoms. The van der Waals surface area contributed by atoms with Gasteiger partial charge in [-0.3, -0.25) is 4.99 Å². The summed E-state index contributed by atoms with van der Waals surface area (Å²) in [6.07, 6.45) is 3.76. The fourth-order valence-electron chi connectivity index (χ4n) is 3.91. The van der Waals surface area contributed by atoms with Gasteiger partial charge < -0.3 is 19.9 Å². The molecule has 0 spiro atoms. The van der Waals surface area contributed by atoms with Crippen molar-refractivity contribution in [3.63, 3.8) is 0 Å². The van der Waals surface area contributed by atoms with Gasteiger partial charge in [-0.2, -0.15) is 8.78 Å². The van der Waals surface area contributed by atoms with Crippen LogP contribution in [0.4, 0.5) is 8.78 Å². The Morgan fingerprint density at radius 1 is 1.33 bits per heavy atom. The van der Waals surface area contributed by atoms with Gasteiger partial charge in [-0.1, -0.05) is 11.6 Å². The quantitative estimate of drug-likeness (QED) is 0.586. The number of guanidine groups is 1. The number of nitrogens with one attached hydrogen (secondary N) is 1. The number of benzene rings is 1. The minimum Gasteiger partial charge on any atom is -0.434 e. The number of likely N-dealkylation sites (tertiary alicyclic amines) is 2. The third-order valence-electron chi connectivity index (χ3n) is 5.19. The van der Waals surface area contributed by atoms with Gasteiger partial charge in [0.15, 0.2) is 5.96 Å². The summed E-state index contributed by atoms with van der Waals surface area (Å²) in [6, 6.07) is 4.65. The first-order valence-electron chi connectivity index (χ1n) is 9.46. The second-order valence-corrected chi connectivity index (χ2v) is 7.58. The number of alkyl halides is 2. The highest BCUT2D eigenvalue weighted by molar-refractivity contribution is 6.30. The number of aliphatic imine (C=N–C) groups is 1. The lowest BCUT2D eigenvalue weighted by Crippen LogP contribution is -2.40. The molecule has 1 aromatic rings. The van der Waals surface area contributed by atoms with E-state index in [0.717, 1.165) is 32.0 Å². The van der Waals surface area contributed by atoms with Crippen LogP contribution in [0.25, 0.3) is 0 Å². The van der Waals surface area contributed by atoms with E-state index in [-0.39, 0.29) is 5.75 Å². The molecule has 0 radical (unpaired) electrons. The third-order valence-corrected chi connectivity index (χ3v) is 5.42. The van der Waals surface area contributed by atoms with Gasteiger partial charge in [0.2, 0.25) is 0 Å². The smallest absolute Gasteiger partial charge is 0.387 e. The van der Waals surface area contributed by atoms with Gasteiger partial charge in [0.25, 0.3) is 0 Å². The second kappa shape index (κ2) is 9.55. The number of rotatable bonds is 6. The molecule has 0 amide bonds. The first kappa shape index (κ1) is 20.1. The van der Waals surface area contributed by atoms with Gasteiger partial charge in [0.05, 0.1) is 0 Å². The molecule has 1 atom stereocenters. The molecule has 2 aliphatic rings. The normalized spacial score (nSPS) is 21.3. The van der Waals surface area contributed by atoms with Crippen molar-refractivity contribution in [3.05, 3.63) is 28.8 Å². The highest BCUT2D eigenvalue weighted by atomic mass is 35.5. The van der Waals surface area contributed by atoms with Gasteiger partial charge in [-0.15, -0.1) is 0 Å². The van der Waals surface area contributed by atoms with Gasteiger partial charge in [0.1, 0.15) is 5.75 Å². The Labute approximate surface area is 164 Å². The first-order chi connectivity index (χ1) is 13.0. The molecular weight excluding hydrogens is 374 g/mol. The number of hydrogen-bond acceptors (Lipinski definition) is 3. The maximum Gasteiger partial charge on any atom is 0.387 e. The zero-order valence-corrected chi connectivity index (χ0v) is 16.4. The zero-order chi connectivity index (χ0) is 19.2. The van der Waals surface area contributed by atoms with Crippen molar-refractivity contribution >= 4 is 17.6 Å². The third kappa shape index (κ3) is 5.69. The molecule has 2 heterocycles. The molecule has 0 aromatic heterocycles. The van der Waals surface area contributed by atoms with Crippen molar-refractivity contribution in [2.45, 2.75) is 32.4 Å². The van der Waals surface area contributed by atoms with E-state index in [2.05, 4.69) is 24.8 Å². The lowest BCUT2D eigenvalue weighted by Gasteiger charge is -2.23. The molecule has 0 bridgehead atoms. The molecule has 150 valence electrons. The molecule has 3 rings (SSSR count). The lowest BCUT2D eigenvalue weighted by atomic mass is 10.1. The van der Waals surface area contributed by atoms with E-state index in [1.54, 1.807) is 19.2 Å². The van der Waals surface area contributed by atoms with E-state index in [9.17, 15) is 8.78 Å². The molecule has 0 saturated carbocycles. The highest BCUT2D eigenvalue weighted by Crippen LogP contribution is 2.25. The fourth-order valence-corrected chi connectivity index (χ4v) is 4.10. The van der Waals surface area contributed by atoms with Crippen LogP contribution in [0.15, 0.2) is 23.2 Å². The minimum absolute atomic E-state index is 0.130. The van der Waals surface area contributed by atoms with Crippen LogP contribution in [0.1, 0.15) is 24.8 Å². The summed E-state index contributed by atoms with van der Waals surface area (Å²) in [7, 11) is 1.74. The highest BCUT2D eigenvalue weighted by Gasteiger charge is 2.27. The van der Waals surface area contributed by atoms with Crippen LogP contribution in [0.5, 0.6) is 5.75 Å². The van der Waals surface area contributed by atoms with E-state index in [1.165, 1.54) is 32.0 Å². The summed E-state index contributed by atoms with van der Waals surface area (Å²) in [5.74, 6) is 1.55. The summed E-state index contributed by atoms with van der Waals surface area (Å²) in [6.45, 7) is 2.95. The summed E-state index contributed by atoms with van der Waals surface area (Å²) < 4.78 is 29.8. The number of nitrogens with zero attached hydrogens (tertiary/aromatic N) is 3. The number of ether oxygens (including phenoxy) is 1. The Kier molecular flexibility index (Phi) is 7.13.